The molecule has 0 spiro atoms. The summed E-state index contributed by atoms with van der Waals surface area (Å²) >= 11 is 6.12. The van der Waals surface area contributed by atoms with Crippen molar-refractivity contribution >= 4 is 29.3 Å². The van der Waals surface area contributed by atoms with Crippen LogP contribution in [0.5, 0.6) is 0 Å². The first kappa shape index (κ1) is 21.4. The van der Waals surface area contributed by atoms with Crippen molar-refractivity contribution in [1.82, 2.24) is 5.32 Å². The van der Waals surface area contributed by atoms with E-state index in [1.54, 1.807) is 12.1 Å². The molecule has 0 fully saturated rings. The molecule has 3 aromatic carbocycles. The van der Waals surface area contributed by atoms with Crippen molar-refractivity contribution in [2.75, 3.05) is 5.32 Å². The van der Waals surface area contributed by atoms with Crippen LogP contribution in [0, 0.1) is 0 Å². The summed E-state index contributed by atoms with van der Waals surface area (Å²) in [7, 11) is 0. The largest absolute Gasteiger partial charge is 0.444 e. The lowest BCUT2D eigenvalue weighted by molar-refractivity contribution is 0.0950. The Balaban J connectivity index is 1.59. The Kier molecular flexibility index (Phi) is 7.43. The molecule has 0 aliphatic rings. The minimum absolute atomic E-state index is 0.141. The van der Waals surface area contributed by atoms with Crippen LogP contribution >= 0.6 is 11.6 Å². The van der Waals surface area contributed by atoms with Gasteiger partial charge in [-0.05, 0) is 34.9 Å². The Bertz CT molecular complexity index is 1030. The van der Waals surface area contributed by atoms with Gasteiger partial charge in [-0.3, -0.25) is 10.1 Å². The summed E-state index contributed by atoms with van der Waals surface area (Å²) in [4.78, 5) is 24.6. The molecule has 0 radical (unpaired) electrons. The number of anilines is 1. The van der Waals surface area contributed by atoms with Crippen molar-refractivity contribution in [3.8, 4) is 0 Å². The Morgan fingerprint density at radius 2 is 1.63 bits per heavy atom. The molecule has 0 unspecified atom stereocenters. The summed E-state index contributed by atoms with van der Waals surface area (Å²) in [6.45, 7) is 0.926. The molecule has 0 saturated heterocycles. The molecule has 3 aromatic rings. The third-order valence-electron chi connectivity index (χ3n) is 4.30. The second-order valence-electron chi connectivity index (χ2n) is 6.62. The lowest BCUT2D eigenvalue weighted by atomic mass is 10.1. The lowest BCUT2D eigenvalue weighted by Gasteiger charge is -2.10. The zero-order chi connectivity index (χ0) is 21.3. The standard InChI is InChI=1S/C23H22ClN3O3/c24-20-10-19(22(28)26-14-18-8-4-7-17(9-18)13-25)11-21(12-20)27-23(29)30-15-16-5-2-1-3-6-16/h1-12H,13-15,25H2,(H,26,28)(H,27,29). The Morgan fingerprint density at radius 1 is 0.900 bits per heavy atom. The maximum absolute atomic E-state index is 12.5. The monoisotopic (exact) mass is 423 g/mol. The zero-order valence-corrected chi connectivity index (χ0v) is 17.0. The fraction of sp³-hybridized carbons (Fsp3) is 0.130. The molecular formula is C23H22ClN3O3. The van der Waals surface area contributed by atoms with Crippen molar-refractivity contribution in [3.05, 3.63) is 100 Å². The molecular weight excluding hydrogens is 402 g/mol. The molecule has 7 heteroatoms. The number of nitrogens with two attached hydrogens (primary N) is 1. The Morgan fingerprint density at radius 3 is 2.40 bits per heavy atom. The van der Waals surface area contributed by atoms with Crippen molar-refractivity contribution in [2.45, 2.75) is 19.7 Å². The number of hydrogen-bond acceptors (Lipinski definition) is 4. The predicted molar refractivity (Wildman–Crippen MR) is 117 cm³/mol. The summed E-state index contributed by atoms with van der Waals surface area (Å²) in [5.41, 5.74) is 9.15. The van der Waals surface area contributed by atoms with Crippen molar-refractivity contribution in [2.24, 2.45) is 5.73 Å². The van der Waals surface area contributed by atoms with E-state index in [-0.39, 0.29) is 12.5 Å². The molecule has 0 bridgehead atoms. The third kappa shape index (κ3) is 6.34. The second kappa shape index (κ2) is 10.4. The number of hydrogen-bond donors (Lipinski definition) is 3. The minimum Gasteiger partial charge on any atom is -0.444 e. The van der Waals surface area contributed by atoms with E-state index in [0.717, 1.165) is 16.7 Å². The SMILES string of the molecule is NCc1cccc(CNC(=O)c2cc(Cl)cc(NC(=O)OCc3ccccc3)c2)c1. The smallest absolute Gasteiger partial charge is 0.411 e. The molecule has 30 heavy (non-hydrogen) atoms. The molecule has 0 aromatic heterocycles. The van der Waals surface area contributed by atoms with Gasteiger partial charge in [0, 0.05) is 29.4 Å². The van der Waals surface area contributed by atoms with Gasteiger partial charge in [0.15, 0.2) is 0 Å². The minimum atomic E-state index is -0.633. The van der Waals surface area contributed by atoms with E-state index in [1.165, 1.54) is 6.07 Å². The molecule has 0 atom stereocenters. The second-order valence-corrected chi connectivity index (χ2v) is 7.06. The number of carbonyl (C=O) groups excluding carboxylic acids is 2. The van der Waals surface area contributed by atoms with E-state index < -0.39 is 6.09 Å². The average Bonchev–Trinajstić information content (AvgIpc) is 2.76. The number of nitrogens with one attached hydrogen (secondary N) is 2. The first-order valence-electron chi connectivity index (χ1n) is 9.38. The van der Waals surface area contributed by atoms with E-state index in [0.29, 0.717) is 29.4 Å². The lowest BCUT2D eigenvalue weighted by Crippen LogP contribution is -2.23. The summed E-state index contributed by atoms with van der Waals surface area (Å²) < 4.78 is 5.20. The van der Waals surface area contributed by atoms with Crippen LogP contribution in [0.2, 0.25) is 5.02 Å². The maximum Gasteiger partial charge on any atom is 0.411 e. The van der Waals surface area contributed by atoms with Crippen LogP contribution in [0.1, 0.15) is 27.0 Å². The molecule has 154 valence electrons. The fourth-order valence-corrected chi connectivity index (χ4v) is 3.06. The van der Waals surface area contributed by atoms with Crippen LogP contribution < -0.4 is 16.4 Å². The highest BCUT2D eigenvalue weighted by molar-refractivity contribution is 6.31. The van der Waals surface area contributed by atoms with Gasteiger partial charge >= 0.3 is 6.09 Å². The normalized spacial score (nSPS) is 10.3. The van der Waals surface area contributed by atoms with Crippen LogP contribution in [0.3, 0.4) is 0 Å². The average molecular weight is 424 g/mol. The summed E-state index contributed by atoms with van der Waals surface area (Å²) in [5, 5.41) is 5.76. The van der Waals surface area contributed by atoms with Crippen LogP contribution in [-0.2, 0) is 24.4 Å². The number of carbonyl (C=O) groups is 2. The van der Waals surface area contributed by atoms with Gasteiger partial charge in [-0.15, -0.1) is 0 Å². The summed E-state index contributed by atoms with van der Waals surface area (Å²) in [5.74, 6) is -0.309. The quantitative estimate of drug-likeness (QED) is 0.522. The zero-order valence-electron chi connectivity index (χ0n) is 16.2. The third-order valence-corrected chi connectivity index (χ3v) is 4.52. The van der Waals surface area contributed by atoms with E-state index in [1.807, 2.05) is 54.6 Å². The Labute approximate surface area is 180 Å². The maximum atomic E-state index is 12.5. The van der Waals surface area contributed by atoms with Gasteiger partial charge in [0.1, 0.15) is 6.61 Å². The topological polar surface area (TPSA) is 93.5 Å². The van der Waals surface area contributed by atoms with E-state index in [4.69, 9.17) is 22.1 Å². The number of rotatable bonds is 7. The molecule has 2 amide bonds. The first-order valence-corrected chi connectivity index (χ1v) is 9.75. The van der Waals surface area contributed by atoms with Crippen LogP contribution in [-0.4, -0.2) is 12.0 Å². The van der Waals surface area contributed by atoms with Gasteiger partial charge in [0.05, 0.1) is 0 Å². The highest BCUT2D eigenvalue weighted by atomic mass is 35.5. The van der Waals surface area contributed by atoms with Gasteiger partial charge < -0.3 is 15.8 Å². The molecule has 0 aliphatic carbocycles. The van der Waals surface area contributed by atoms with Gasteiger partial charge in [0.2, 0.25) is 0 Å². The number of ether oxygens (including phenoxy) is 1. The molecule has 4 N–H and O–H groups in total. The first-order chi connectivity index (χ1) is 14.5. The number of amides is 2. The van der Waals surface area contributed by atoms with Crippen LogP contribution in [0.4, 0.5) is 10.5 Å². The summed E-state index contributed by atoms with van der Waals surface area (Å²) in [6, 6.07) is 21.6. The van der Waals surface area contributed by atoms with E-state index in [2.05, 4.69) is 10.6 Å². The van der Waals surface area contributed by atoms with E-state index >= 15 is 0 Å². The van der Waals surface area contributed by atoms with E-state index in [9.17, 15) is 9.59 Å². The van der Waals surface area contributed by atoms with Gasteiger partial charge in [-0.2, -0.15) is 0 Å². The van der Waals surface area contributed by atoms with Gasteiger partial charge in [-0.25, -0.2) is 4.79 Å². The van der Waals surface area contributed by atoms with Crippen molar-refractivity contribution in [1.29, 1.82) is 0 Å². The number of benzene rings is 3. The molecule has 0 heterocycles. The van der Waals surface area contributed by atoms with Gasteiger partial charge in [0.25, 0.3) is 5.91 Å². The highest BCUT2D eigenvalue weighted by Gasteiger charge is 2.11. The Hall–Kier alpha value is -3.35. The van der Waals surface area contributed by atoms with Crippen molar-refractivity contribution < 1.29 is 14.3 Å². The van der Waals surface area contributed by atoms with Crippen LogP contribution in [0.15, 0.2) is 72.8 Å². The summed E-state index contributed by atoms with van der Waals surface area (Å²) in [6.07, 6.45) is -0.633. The molecule has 6 nitrogen and oxygen atoms in total. The predicted octanol–water partition coefficient (Wildman–Crippen LogP) is 4.48. The molecule has 0 saturated carbocycles. The molecule has 3 rings (SSSR count). The number of halogens is 1. The highest BCUT2D eigenvalue weighted by Crippen LogP contribution is 2.20. The van der Waals surface area contributed by atoms with Gasteiger partial charge in [-0.1, -0.05) is 66.2 Å². The fourth-order valence-electron chi connectivity index (χ4n) is 2.82. The molecule has 0 aliphatic heterocycles. The van der Waals surface area contributed by atoms with Crippen LogP contribution in [0.25, 0.3) is 0 Å². The van der Waals surface area contributed by atoms with Crippen molar-refractivity contribution in [3.63, 3.8) is 0 Å².